The zero-order valence-electron chi connectivity index (χ0n) is 18.0. The number of ether oxygens (including phenoxy) is 1. The Kier molecular flexibility index (Phi) is 5.10. The van der Waals surface area contributed by atoms with Crippen LogP contribution >= 0.6 is 11.3 Å². The predicted molar refractivity (Wildman–Crippen MR) is 126 cm³/mol. The normalized spacial score (nSPS) is 22.3. The van der Waals surface area contributed by atoms with E-state index >= 15 is 0 Å². The Labute approximate surface area is 186 Å². The number of allylic oxidation sites excluding steroid dienone is 2. The summed E-state index contributed by atoms with van der Waals surface area (Å²) in [5, 5.41) is 7.04. The minimum absolute atomic E-state index is 0.372. The standard InChI is InChI=1S/C25H26N4OS/c1-25(2)19-9-6-18(22(25)13-19)14-27-29-23(17-7-10-21(30-3)11-8-17)16-31-24(29)28-20-5-4-12-26-15-20/h4-8,10-12,14-16,19,22H,9,13H2,1-3H3. The van der Waals surface area contributed by atoms with Crippen LogP contribution < -0.4 is 9.54 Å². The van der Waals surface area contributed by atoms with Crippen LogP contribution in [0, 0.1) is 17.3 Å². The first-order chi connectivity index (χ1) is 15.1. The van der Waals surface area contributed by atoms with Gasteiger partial charge >= 0.3 is 0 Å². The summed E-state index contributed by atoms with van der Waals surface area (Å²) < 4.78 is 7.26. The van der Waals surface area contributed by atoms with E-state index in [1.807, 2.05) is 35.2 Å². The molecule has 2 unspecified atom stereocenters. The molecule has 3 aliphatic carbocycles. The summed E-state index contributed by atoms with van der Waals surface area (Å²) in [6.07, 6.45) is 10.4. The molecule has 0 spiro atoms. The number of hydrogen-bond donors (Lipinski definition) is 0. The van der Waals surface area contributed by atoms with E-state index in [9.17, 15) is 0 Å². The molecule has 2 atom stereocenters. The minimum atomic E-state index is 0.372. The molecule has 0 amide bonds. The van der Waals surface area contributed by atoms with Crippen LogP contribution in [0.3, 0.4) is 0 Å². The number of benzene rings is 1. The first kappa shape index (κ1) is 19.9. The highest BCUT2D eigenvalue weighted by atomic mass is 32.1. The molecule has 1 aromatic carbocycles. The van der Waals surface area contributed by atoms with Gasteiger partial charge in [0.25, 0.3) is 0 Å². The van der Waals surface area contributed by atoms with E-state index in [0.29, 0.717) is 11.3 Å². The van der Waals surface area contributed by atoms with E-state index < -0.39 is 0 Å². The number of nitrogens with zero attached hydrogens (tertiary/aromatic N) is 4. The average molecular weight is 431 g/mol. The quantitative estimate of drug-likeness (QED) is 0.489. The molecule has 1 saturated carbocycles. The van der Waals surface area contributed by atoms with Crippen molar-refractivity contribution in [2.45, 2.75) is 26.7 Å². The molecule has 2 bridgehead atoms. The summed E-state index contributed by atoms with van der Waals surface area (Å²) in [4.78, 5) is 9.81. The number of hydrogen-bond acceptors (Lipinski definition) is 5. The second-order valence-corrected chi connectivity index (χ2v) is 9.59. The lowest BCUT2D eigenvalue weighted by atomic mass is 9.49. The molecule has 3 aliphatic rings. The number of thiazole rings is 1. The first-order valence-electron chi connectivity index (χ1n) is 10.6. The highest BCUT2D eigenvalue weighted by Gasteiger charge is 2.50. The largest absolute Gasteiger partial charge is 0.497 e. The summed E-state index contributed by atoms with van der Waals surface area (Å²) >= 11 is 1.58. The van der Waals surface area contributed by atoms with E-state index in [1.54, 1.807) is 30.8 Å². The van der Waals surface area contributed by atoms with Crippen LogP contribution in [-0.4, -0.2) is 23.0 Å². The lowest BCUT2D eigenvalue weighted by Gasteiger charge is -2.55. The van der Waals surface area contributed by atoms with Crippen molar-refractivity contribution in [3.63, 3.8) is 0 Å². The van der Waals surface area contributed by atoms with Crippen molar-refractivity contribution in [1.82, 2.24) is 9.66 Å². The Morgan fingerprint density at radius 2 is 2.06 bits per heavy atom. The van der Waals surface area contributed by atoms with Crippen LogP contribution in [0.5, 0.6) is 5.75 Å². The summed E-state index contributed by atoms with van der Waals surface area (Å²) in [7, 11) is 1.68. The Morgan fingerprint density at radius 3 is 2.74 bits per heavy atom. The number of rotatable bonds is 5. The molecule has 0 aliphatic heterocycles. The lowest BCUT2D eigenvalue weighted by Crippen LogP contribution is -2.48. The fraction of sp³-hybridized carbons (Fsp3) is 0.320. The molecule has 31 heavy (non-hydrogen) atoms. The summed E-state index contributed by atoms with van der Waals surface area (Å²) in [6, 6.07) is 11.9. The number of methoxy groups -OCH3 is 1. The molecule has 6 heteroatoms. The SMILES string of the molecule is COc1ccc(-c2csc(=Nc3cccnc3)n2N=CC2=CCC3CC2C3(C)C)cc1. The molecular weight excluding hydrogens is 404 g/mol. The molecule has 2 aromatic heterocycles. The molecule has 6 rings (SSSR count). The maximum Gasteiger partial charge on any atom is 0.211 e. The third-order valence-corrected chi connectivity index (χ3v) is 7.59. The van der Waals surface area contributed by atoms with Crippen LogP contribution in [-0.2, 0) is 0 Å². The smallest absolute Gasteiger partial charge is 0.211 e. The number of fused-ring (bicyclic) bond motifs is 1. The van der Waals surface area contributed by atoms with Crippen molar-refractivity contribution < 1.29 is 4.74 Å². The first-order valence-corrected chi connectivity index (χ1v) is 11.5. The third-order valence-electron chi connectivity index (χ3n) is 6.78. The highest BCUT2D eigenvalue weighted by Crippen LogP contribution is 2.58. The molecule has 0 saturated heterocycles. The average Bonchev–Trinajstić information content (AvgIpc) is 3.20. The Bertz CT molecular complexity index is 1200. The van der Waals surface area contributed by atoms with Crippen molar-refractivity contribution in [1.29, 1.82) is 0 Å². The van der Waals surface area contributed by atoms with Gasteiger partial charge in [-0.1, -0.05) is 19.9 Å². The maximum absolute atomic E-state index is 5.32. The Morgan fingerprint density at radius 1 is 1.23 bits per heavy atom. The molecule has 2 heterocycles. The summed E-state index contributed by atoms with van der Waals surface area (Å²) in [5.74, 6) is 2.25. The van der Waals surface area contributed by atoms with Crippen molar-refractivity contribution in [3.05, 3.63) is 70.6 Å². The minimum Gasteiger partial charge on any atom is -0.497 e. The van der Waals surface area contributed by atoms with Crippen LogP contribution in [0.2, 0.25) is 0 Å². The summed E-state index contributed by atoms with van der Waals surface area (Å²) in [5.41, 5.74) is 4.61. The number of pyridine rings is 1. The van der Waals surface area contributed by atoms with Gasteiger partial charge < -0.3 is 4.74 Å². The zero-order valence-corrected chi connectivity index (χ0v) is 18.8. The fourth-order valence-corrected chi connectivity index (χ4v) is 5.50. The lowest BCUT2D eigenvalue weighted by molar-refractivity contribution is -0.00126. The third kappa shape index (κ3) is 3.65. The van der Waals surface area contributed by atoms with Crippen molar-refractivity contribution in [2.24, 2.45) is 27.3 Å². The highest BCUT2D eigenvalue weighted by molar-refractivity contribution is 7.07. The van der Waals surface area contributed by atoms with Gasteiger partial charge in [0.05, 0.1) is 30.9 Å². The second-order valence-electron chi connectivity index (χ2n) is 8.76. The van der Waals surface area contributed by atoms with Gasteiger partial charge in [0.15, 0.2) is 0 Å². The molecule has 1 fully saturated rings. The van der Waals surface area contributed by atoms with Crippen LogP contribution in [0.4, 0.5) is 5.69 Å². The summed E-state index contributed by atoms with van der Waals surface area (Å²) in [6.45, 7) is 4.77. The van der Waals surface area contributed by atoms with Crippen molar-refractivity contribution >= 4 is 23.2 Å². The molecule has 5 nitrogen and oxygen atoms in total. The monoisotopic (exact) mass is 430 g/mol. The van der Waals surface area contributed by atoms with Crippen LogP contribution in [0.25, 0.3) is 11.3 Å². The molecular formula is C25H26N4OS. The predicted octanol–water partition coefficient (Wildman–Crippen LogP) is 5.68. The Hall–Kier alpha value is -2.99. The maximum atomic E-state index is 5.32. The number of aromatic nitrogens is 2. The van der Waals surface area contributed by atoms with Gasteiger partial charge in [-0.05, 0) is 72.1 Å². The fourth-order valence-electron chi connectivity index (χ4n) is 4.65. The van der Waals surface area contributed by atoms with E-state index in [1.165, 1.54) is 12.0 Å². The van der Waals surface area contributed by atoms with Crippen molar-refractivity contribution in [3.8, 4) is 17.0 Å². The van der Waals surface area contributed by atoms with E-state index in [4.69, 9.17) is 14.8 Å². The van der Waals surface area contributed by atoms with Gasteiger partial charge in [-0.25, -0.2) is 9.67 Å². The zero-order chi connectivity index (χ0) is 21.4. The molecule has 0 radical (unpaired) electrons. The van der Waals surface area contributed by atoms with Crippen LogP contribution in [0.15, 0.2) is 75.9 Å². The molecule has 3 aromatic rings. The topological polar surface area (TPSA) is 51.8 Å². The van der Waals surface area contributed by atoms with Gasteiger partial charge in [0, 0.05) is 17.1 Å². The van der Waals surface area contributed by atoms with E-state index in [-0.39, 0.29) is 0 Å². The van der Waals surface area contributed by atoms with Gasteiger partial charge in [-0.2, -0.15) is 5.10 Å². The van der Waals surface area contributed by atoms with Gasteiger partial charge in [0.2, 0.25) is 4.80 Å². The van der Waals surface area contributed by atoms with Crippen molar-refractivity contribution in [2.75, 3.05) is 7.11 Å². The second kappa shape index (κ2) is 7.93. The molecule has 158 valence electrons. The van der Waals surface area contributed by atoms with Gasteiger partial charge in [-0.15, -0.1) is 11.3 Å². The molecule has 0 N–H and O–H groups in total. The van der Waals surface area contributed by atoms with E-state index in [2.05, 4.69) is 42.4 Å². The van der Waals surface area contributed by atoms with E-state index in [0.717, 1.165) is 39.8 Å². The Balaban J connectivity index is 1.57. The van der Waals surface area contributed by atoms with Gasteiger partial charge in [-0.3, -0.25) is 4.98 Å². The van der Waals surface area contributed by atoms with Gasteiger partial charge in [0.1, 0.15) is 5.75 Å². The van der Waals surface area contributed by atoms with Crippen LogP contribution in [0.1, 0.15) is 26.7 Å².